The molecule has 7 N–H and O–H groups in total. The number of rotatable bonds is 12. The van der Waals surface area contributed by atoms with Gasteiger partial charge in [-0.15, -0.1) is 0 Å². The van der Waals surface area contributed by atoms with Gasteiger partial charge in [0.05, 0.1) is 19.3 Å². The minimum Gasteiger partial charge on any atom is -0.508 e. The summed E-state index contributed by atoms with van der Waals surface area (Å²) in [4.78, 5) is 39.7. The molecule has 2 heterocycles. The molecular formula is C29H37N3O11. The predicted octanol–water partition coefficient (Wildman–Crippen LogP) is -0.0596. The molecule has 0 saturated carbocycles. The number of piperidine rings is 1. The fourth-order valence-electron chi connectivity index (χ4n) is 5.00. The van der Waals surface area contributed by atoms with Crippen LogP contribution in [0.2, 0.25) is 0 Å². The Balaban J connectivity index is 1.57. The molecule has 2 bridgehead atoms. The highest BCUT2D eigenvalue weighted by Crippen LogP contribution is 2.39. The van der Waals surface area contributed by atoms with Crippen LogP contribution in [0, 0.1) is 0 Å². The summed E-state index contributed by atoms with van der Waals surface area (Å²) in [5.74, 6) is -1.95. The number of nitrogens with one attached hydrogen (secondary N) is 2. The molecule has 14 nitrogen and oxygen atoms in total. The molecule has 2 amide bonds. The summed E-state index contributed by atoms with van der Waals surface area (Å²) in [5, 5.41) is 58.1. The standard InChI is InChI=1S/C29H37N3O11/c1-2-3-13-41-27(37)21(22-23(34)29(39)16-43-26(24(29)35)32(22)40)31-25(36)20(14-17-9-11-19(33)12-10-17)30-28(38)42-15-18-7-5-4-6-8-18/h4-12,20-24,26,33-35,39-40H,2-3,13-16H2,1H3,(H,30,38)(H,31,36)/t20-,21-,22-,23-,24+,26-,29+/m0/s1. The van der Waals surface area contributed by atoms with Gasteiger partial charge in [-0.05, 0) is 29.7 Å². The lowest BCUT2D eigenvalue weighted by molar-refractivity contribution is -0.298. The molecule has 0 aliphatic carbocycles. The molecule has 7 atom stereocenters. The second-order valence-electron chi connectivity index (χ2n) is 10.6. The van der Waals surface area contributed by atoms with Gasteiger partial charge in [0, 0.05) is 6.42 Å². The number of aromatic hydroxyl groups is 1. The molecule has 2 aliphatic rings. The van der Waals surface area contributed by atoms with Crippen LogP contribution in [0.3, 0.4) is 0 Å². The summed E-state index contributed by atoms with van der Waals surface area (Å²) in [7, 11) is 0. The highest BCUT2D eigenvalue weighted by Gasteiger charge is 2.65. The number of ether oxygens (including phenoxy) is 3. The number of aliphatic hydroxyl groups is 3. The number of fused-ring (bicyclic) bond motifs is 2. The van der Waals surface area contributed by atoms with E-state index in [-0.39, 0.29) is 25.4 Å². The van der Waals surface area contributed by atoms with Crippen molar-refractivity contribution < 1.29 is 54.2 Å². The largest absolute Gasteiger partial charge is 0.508 e. The Morgan fingerprint density at radius 2 is 1.72 bits per heavy atom. The van der Waals surface area contributed by atoms with Gasteiger partial charge >= 0.3 is 12.1 Å². The summed E-state index contributed by atoms with van der Waals surface area (Å²) < 4.78 is 15.8. The van der Waals surface area contributed by atoms with E-state index in [0.717, 1.165) is 0 Å². The first-order valence-electron chi connectivity index (χ1n) is 13.9. The molecule has 2 aromatic rings. The molecule has 0 unspecified atom stereocenters. The van der Waals surface area contributed by atoms with Gasteiger partial charge < -0.3 is 50.5 Å². The zero-order chi connectivity index (χ0) is 31.1. The minimum absolute atomic E-state index is 0.0128. The number of hydrogen-bond acceptors (Lipinski definition) is 12. The Kier molecular flexibility index (Phi) is 10.6. The van der Waals surface area contributed by atoms with E-state index in [1.807, 2.05) is 6.92 Å². The fourth-order valence-corrected chi connectivity index (χ4v) is 5.00. The molecule has 0 radical (unpaired) electrons. The van der Waals surface area contributed by atoms with E-state index in [2.05, 4.69) is 10.6 Å². The number of phenols is 1. The third-order valence-corrected chi connectivity index (χ3v) is 7.50. The van der Waals surface area contributed by atoms with Crippen molar-refractivity contribution in [3.63, 3.8) is 0 Å². The number of esters is 1. The van der Waals surface area contributed by atoms with Crippen LogP contribution in [0.25, 0.3) is 0 Å². The van der Waals surface area contributed by atoms with Gasteiger partial charge in [0.1, 0.15) is 42.2 Å². The number of phenolic OH excluding ortho intramolecular Hbond substituents is 1. The van der Waals surface area contributed by atoms with Gasteiger partial charge in [-0.3, -0.25) is 4.79 Å². The van der Waals surface area contributed by atoms with E-state index in [1.54, 1.807) is 30.3 Å². The molecule has 2 fully saturated rings. The summed E-state index contributed by atoms with van der Waals surface area (Å²) in [6, 6.07) is 9.92. The number of nitrogens with zero attached hydrogens (tertiary/aromatic N) is 1. The Bertz CT molecular complexity index is 1250. The number of benzene rings is 2. The average Bonchev–Trinajstić information content (AvgIpc) is 3.26. The number of carbonyl (C=O) groups is 3. The summed E-state index contributed by atoms with van der Waals surface area (Å²) in [6.07, 6.45) is -5.03. The van der Waals surface area contributed by atoms with Crippen LogP contribution in [0.5, 0.6) is 5.75 Å². The lowest BCUT2D eigenvalue weighted by atomic mass is 9.80. The van der Waals surface area contributed by atoms with Gasteiger partial charge in [-0.25, -0.2) is 9.59 Å². The van der Waals surface area contributed by atoms with Gasteiger partial charge in [-0.2, -0.15) is 5.06 Å². The number of aliphatic hydroxyl groups excluding tert-OH is 2. The topological polar surface area (TPSA) is 207 Å². The Morgan fingerprint density at radius 1 is 1.02 bits per heavy atom. The molecule has 234 valence electrons. The third-order valence-electron chi connectivity index (χ3n) is 7.50. The Labute approximate surface area is 247 Å². The van der Waals surface area contributed by atoms with E-state index in [0.29, 0.717) is 29.0 Å². The number of alkyl carbamates (subject to hydrolysis) is 1. The zero-order valence-corrected chi connectivity index (χ0v) is 23.5. The molecule has 2 aromatic carbocycles. The van der Waals surface area contributed by atoms with Gasteiger partial charge in [0.25, 0.3) is 0 Å². The van der Waals surface area contributed by atoms with Crippen LogP contribution in [0.15, 0.2) is 54.6 Å². The maximum Gasteiger partial charge on any atom is 0.408 e. The van der Waals surface area contributed by atoms with Crippen molar-refractivity contribution >= 4 is 18.0 Å². The molecule has 2 aliphatic heterocycles. The van der Waals surface area contributed by atoms with Crippen LogP contribution in [0.1, 0.15) is 30.9 Å². The van der Waals surface area contributed by atoms with Crippen molar-refractivity contribution in [2.45, 2.75) is 75.0 Å². The molecule has 0 spiro atoms. The monoisotopic (exact) mass is 603 g/mol. The first-order valence-corrected chi connectivity index (χ1v) is 13.9. The van der Waals surface area contributed by atoms with Crippen molar-refractivity contribution in [2.75, 3.05) is 13.2 Å². The highest BCUT2D eigenvalue weighted by molar-refractivity contribution is 5.90. The number of hydroxylamine groups is 2. The van der Waals surface area contributed by atoms with E-state index in [1.165, 1.54) is 24.3 Å². The van der Waals surface area contributed by atoms with Crippen molar-refractivity contribution in [3.8, 4) is 5.75 Å². The van der Waals surface area contributed by atoms with Crippen molar-refractivity contribution in [3.05, 3.63) is 65.7 Å². The van der Waals surface area contributed by atoms with Gasteiger partial charge in [0.15, 0.2) is 6.23 Å². The SMILES string of the molecule is CCCCOC(=O)[C@@H](NC(=O)[C@H](Cc1ccc(O)cc1)NC(=O)OCc1ccccc1)[C@H]1[C@H](O)[C@]2(O)CO[C@@H]([C@H]2O)N1O. The number of hydrogen-bond donors (Lipinski definition) is 7. The molecule has 4 rings (SSSR count). The van der Waals surface area contributed by atoms with Crippen LogP contribution in [0.4, 0.5) is 4.79 Å². The fraction of sp³-hybridized carbons (Fsp3) is 0.483. The van der Waals surface area contributed by atoms with Crippen LogP contribution < -0.4 is 10.6 Å². The summed E-state index contributed by atoms with van der Waals surface area (Å²) >= 11 is 0. The van der Waals surface area contributed by atoms with Crippen LogP contribution >= 0.6 is 0 Å². The maximum atomic E-state index is 13.7. The van der Waals surface area contributed by atoms with Gasteiger partial charge in [-0.1, -0.05) is 55.8 Å². The lowest BCUT2D eigenvalue weighted by Crippen LogP contribution is -2.74. The zero-order valence-electron chi connectivity index (χ0n) is 23.5. The summed E-state index contributed by atoms with van der Waals surface area (Å²) in [6.45, 7) is 1.22. The molecule has 43 heavy (non-hydrogen) atoms. The molecule has 2 saturated heterocycles. The van der Waals surface area contributed by atoms with Crippen molar-refractivity contribution in [1.82, 2.24) is 15.7 Å². The normalized spacial score (nSPS) is 26.3. The van der Waals surface area contributed by atoms with Gasteiger partial charge in [0.2, 0.25) is 5.91 Å². The summed E-state index contributed by atoms with van der Waals surface area (Å²) in [5.41, 5.74) is -1.00. The number of carbonyl (C=O) groups excluding carboxylic acids is 3. The first-order chi connectivity index (χ1) is 20.5. The van der Waals surface area contributed by atoms with E-state index >= 15 is 0 Å². The third kappa shape index (κ3) is 7.41. The van der Waals surface area contributed by atoms with E-state index < -0.39 is 66.7 Å². The minimum atomic E-state index is -2.24. The van der Waals surface area contributed by atoms with Crippen molar-refractivity contribution in [2.24, 2.45) is 0 Å². The van der Waals surface area contributed by atoms with Crippen LogP contribution in [-0.2, 0) is 36.8 Å². The lowest BCUT2D eigenvalue weighted by Gasteiger charge is -2.46. The predicted molar refractivity (Wildman–Crippen MR) is 147 cm³/mol. The van der Waals surface area contributed by atoms with E-state index in [9.17, 15) is 40.0 Å². The smallest absolute Gasteiger partial charge is 0.408 e. The number of unbranched alkanes of at least 4 members (excludes halogenated alkanes) is 1. The Morgan fingerprint density at radius 3 is 2.40 bits per heavy atom. The van der Waals surface area contributed by atoms with Crippen LogP contribution in [-0.4, -0.2) is 104 Å². The molecule has 0 aromatic heterocycles. The first kappa shape index (κ1) is 32.1. The molecule has 14 heteroatoms. The second-order valence-corrected chi connectivity index (χ2v) is 10.6. The average molecular weight is 604 g/mol. The quantitative estimate of drug-likeness (QED) is 0.126. The molecular weight excluding hydrogens is 566 g/mol. The maximum absolute atomic E-state index is 13.7. The highest BCUT2D eigenvalue weighted by atomic mass is 16.6. The van der Waals surface area contributed by atoms with Crippen molar-refractivity contribution in [1.29, 1.82) is 0 Å². The number of amides is 2. The Hall–Kier alpha value is -3.79. The second kappa shape index (κ2) is 14.1. The van der Waals surface area contributed by atoms with E-state index in [4.69, 9.17) is 14.2 Å².